The van der Waals surface area contributed by atoms with Crippen LogP contribution in [-0.2, 0) is 9.47 Å². The quantitative estimate of drug-likeness (QED) is 0.480. The molecular weight excluding hydrogens is 116 g/mol. The van der Waals surface area contributed by atoms with Crippen LogP contribution in [-0.4, -0.2) is 19.0 Å². The standard InChI is InChI=1S/C7H10O2/c1-2-4-7(3-1)8-5-6-9-7/h3-4H,1-2,5-6H2. The highest BCUT2D eigenvalue weighted by molar-refractivity contribution is 5.06. The third-order valence-electron chi connectivity index (χ3n) is 1.76. The lowest BCUT2D eigenvalue weighted by atomic mass is 10.2. The van der Waals surface area contributed by atoms with Gasteiger partial charge in [-0.3, -0.25) is 0 Å². The molecule has 2 radical (unpaired) electrons. The van der Waals surface area contributed by atoms with Crippen LogP contribution < -0.4 is 0 Å². The van der Waals surface area contributed by atoms with E-state index in [4.69, 9.17) is 9.47 Å². The Morgan fingerprint density at radius 3 is 2.11 bits per heavy atom. The van der Waals surface area contributed by atoms with Gasteiger partial charge in [0.15, 0.2) is 5.79 Å². The summed E-state index contributed by atoms with van der Waals surface area (Å²) in [6.45, 7) is 1.49. The highest BCUT2D eigenvalue weighted by Crippen LogP contribution is 2.34. The molecule has 1 saturated heterocycles. The molecular formula is C7H10O2. The molecule has 2 fully saturated rings. The van der Waals surface area contributed by atoms with E-state index in [1.54, 1.807) is 0 Å². The number of rotatable bonds is 0. The second kappa shape index (κ2) is 1.96. The normalized spacial score (nSPS) is 32.0. The highest BCUT2D eigenvalue weighted by Gasteiger charge is 2.39. The summed E-state index contributed by atoms with van der Waals surface area (Å²) in [5, 5.41) is 0. The van der Waals surface area contributed by atoms with Gasteiger partial charge in [0.2, 0.25) is 0 Å². The van der Waals surface area contributed by atoms with Crippen molar-refractivity contribution >= 4 is 0 Å². The van der Waals surface area contributed by atoms with Crippen molar-refractivity contribution in [2.45, 2.75) is 18.6 Å². The molecule has 1 spiro atoms. The fourth-order valence-corrected chi connectivity index (χ4v) is 1.33. The Bertz CT molecular complexity index is 82.0. The predicted octanol–water partition coefficient (Wildman–Crippen LogP) is 0.932. The molecule has 1 saturated carbocycles. The summed E-state index contributed by atoms with van der Waals surface area (Å²) in [7, 11) is 0. The molecule has 1 aliphatic heterocycles. The average Bonchev–Trinajstić information content (AvgIpc) is 2.45. The molecule has 0 aromatic carbocycles. The Morgan fingerprint density at radius 1 is 1.00 bits per heavy atom. The Morgan fingerprint density at radius 2 is 1.56 bits per heavy atom. The molecule has 2 nitrogen and oxygen atoms in total. The summed E-state index contributed by atoms with van der Waals surface area (Å²) in [6, 6.07) is 0. The lowest BCUT2D eigenvalue weighted by Gasteiger charge is -2.19. The first kappa shape index (κ1) is 5.69. The Balaban J connectivity index is 2.04. The van der Waals surface area contributed by atoms with Crippen LogP contribution in [0, 0.1) is 12.8 Å². The SMILES string of the molecule is [CH]1CC[CH]C12OCCO2. The molecule has 9 heavy (non-hydrogen) atoms. The van der Waals surface area contributed by atoms with Crippen molar-refractivity contribution in [1.82, 2.24) is 0 Å². The van der Waals surface area contributed by atoms with Gasteiger partial charge in [0.25, 0.3) is 0 Å². The third-order valence-corrected chi connectivity index (χ3v) is 1.76. The number of hydrogen-bond donors (Lipinski definition) is 0. The van der Waals surface area contributed by atoms with Crippen LogP contribution in [0.5, 0.6) is 0 Å². The van der Waals surface area contributed by atoms with Crippen molar-refractivity contribution in [3.05, 3.63) is 12.8 Å². The summed E-state index contributed by atoms with van der Waals surface area (Å²) in [5.74, 6) is -0.361. The molecule has 1 heterocycles. The fraction of sp³-hybridized carbons (Fsp3) is 0.714. The summed E-state index contributed by atoms with van der Waals surface area (Å²) in [4.78, 5) is 0. The maximum Gasteiger partial charge on any atom is 0.174 e. The van der Waals surface area contributed by atoms with Gasteiger partial charge in [-0.15, -0.1) is 0 Å². The van der Waals surface area contributed by atoms with E-state index in [2.05, 4.69) is 12.8 Å². The number of hydrogen-bond acceptors (Lipinski definition) is 2. The molecule has 0 N–H and O–H groups in total. The van der Waals surface area contributed by atoms with Crippen LogP contribution in [0.1, 0.15) is 12.8 Å². The molecule has 0 aromatic rings. The number of ether oxygens (including phenoxy) is 2. The average molecular weight is 126 g/mol. The van der Waals surface area contributed by atoms with Gasteiger partial charge in [-0.1, -0.05) is 0 Å². The zero-order valence-electron chi connectivity index (χ0n) is 5.30. The third kappa shape index (κ3) is 0.864. The van der Waals surface area contributed by atoms with Crippen molar-refractivity contribution in [3.8, 4) is 0 Å². The lowest BCUT2D eigenvalue weighted by molar-refractivity contribution is -0.0942. The van der Waals surface area contributed by atoms with Gasteiger partial charge in [0.1, 0.15) is 0 Å². The van der Waals surface area contributed by atoms with Crippen LogP contribution in [0.15, 0.2) is 0 Å². The van der Waals surface area contributed by atoms with Crippen molar-refractivity contribution in [2.75, 3.05) is 13.2 Å². The van der Waals surface area contributed by atoms with Gasteiger partial charge in [-0.05, 0) is 12.8 Å². The summed E-state index contributed by atoms with van der Waals surface area (Å²) in [5.41, 5.74) is 0. The Hall–Kier alpha value is -0.0800. The van der Waals surface area contributed by atoms with E-state index >= 15 is 0 Å². The van der Waals surface area contributed by atoms with Crippen LogP contribution in [0.25, 0.3) is 0 Å². The van der Waals surface area contributed by atoms with E-state index in [0.717, 1.165) is 26.1 Å². The van der Waals surface area contributed by atoms with Crippen LogP contribution in [0.2, 0.25) is 0 Å². The van der Waals surface area contributed by atoms with E-state index in [-0.39, 0.29) is 5.79 Å². The monoisotopic (exact) mass is 126 g/mol. The molecule has 0 amide bonds. The van der Waals surface area contributed by atoms with E-state index in [1.807, 2.05) is 0 Å². The van der Waals surface area contributed by atoms with Gasteiger partial charge in [-0.2, -0.15) is 0 Å². The Kier molecular flexibility index (Phi) is 1.24. The minimum absolute atomic E-state index is 0.361. The van der Waals surface area contributed by atoms with Crippen LogP contribution in [0.4, 0.5) is 0 Å². The van der Waals surface area contributed by atoms with Crippen molar-refractivity contribution in [1.29, 1.82) is 0 Å². The van der Waals surface area contributed by atoms with Gasteiger partial charge in [-0.25, -0.2) is 0 Å². The van der Waals surface area contributed by atoms with Crippen molar-refractivity contribution < 1.29 is 9.47 Å². The molecule has 2 aliphatic rings. The summed E-state index contributed by atoms with van der Waals surface area (Å²) < 4.78 is 10.7. The fourth-order valence-electron chi connectivity index (χ4n) is 1.33. The largest absolute Gasteiger partial charge is 0.347 e. The smallest absolute Gasteiger partial charge is 0.174 e. The maximum absolute atomic E-state index is 5.37. The predicted molar refractivity (Wildman–Crippen MR) is 32.5 cm³/mol. The maximum atomic E-state index is 5.37. The van der Waals surface area contributed by atoms with E-state index in [1.165, 1.54) is 0 Å². The first-order valence-corrected chi connectivity index (χ1v) is 3.38. The summed E-state index contributed by atoms with van der Waals surface area (Å²) in [6.07, 6.45) is 6.39. The second-order valence-electron chi connectivity index (χ2n) is 2.40. The van der Waals surface area contributed by atoms with Crippen LogP contribution >= 0.6 is 0 Å². The van der Waals surface area contributed by atoms with Crippen LogP contribution in [0.3, 0.4) is 0 Å². The van der Waals surface area contributed by atoms with Gasteiger partial charge < -0.3 is 9.47 Å². The molecule has 0 aromatic heterocycles. The molecule has 1 aliphatic carbocycles. The van der Waals surface area contributed by atoms with E-state index in [0.29, 0.717) is 0 Å². The Labute approximate surface area is 55.1 Å². The van der Waals surface area contributed by atoms with Gasteiger partial charge in [0, 0.05) is 12.8 Å². The zero-order chi connectivity index (χ0) is 6.16. The molecule has 0 bridgehead atoms. The minimum atomic E-state index is -0.361. The molecule has 2 rings (SSSR count). The summed E-state index contributed by atoms with van der Waals surface area (Å²) >= 11 is 0. The van der Waals surface area contributed by atoms with Crippen molar-refractivity contribution in [3.63, 3.8) is 0 Å². The first-order valence-electron chi connectivity index (χ1n) is 3.38. The zero-order valence-corrected chi connectivity index (χ0v) is 5.30. The van der Waals surface area contributed by atoms with Crippen molar-refractivity contribution in [2.24, 2.45) is 0 Å². The van der Waals surface area contributed by atoms with Gasteiger partial charge in [0.05, 0.1) is 13.2 Å². The molecule has 2 heteroatoms. The molecule has 0 atom stereocenters. The minimum Gasteiger partial charge on any atom is -0.347 e. The van der Waals surface area contributed by atoms with E-state index in [9.17, 15) is 0 Å². The molecule has 50 valence electrons. The highest BCUT2D eigenvalue weighted by atomic mass is 16.7. The van der Waals surface area contributed by atoms with Gasteiger partial charge >= 0.3 is 0 Å². The first-order chi connectivity index (χ1) is 4.41. The lowest BCUT2D eigenvalue weighted by Crippen LogP contribution is -2.26. The second-order valence-corrected chi connectivity index (χ2v) is 2.40. The topological polar surface area (TPSA) is 18.5 Å². The van der Waals surface area contributed by atoms with E-state index < -0.39 is 0 Å². The molecule has 0 unspecified atom stereocenters.